The molecule has 1 amide bonds. The Kier molecular flexibility index (Phi) is 5.59. The summed E-state index contributed by atoms with van der Waals surface area (Å²) in [5.41, 5.74) is 0.414. The molecule has 27 heavy (non-hydrogen) atoms. The Bertz CT molecular complexity index is 949. The summed E-state index contributed by atoms with van der Waals surface area (Å²) in [5, 5.41) is 4.34. The van der Waals surface area contributed by atoms with Gasteiger partial charge in [-0.2, -0.15) is 4.31 Å². The van der Waals surface area contributed by atoms with Gasteiger partial charge in [-0.05, 0) is 44.0 Å². The van der Waals surface area contributed by atoms with Crippen LogP contribution < -0.4 is 5.32 Å². The van der Waals surface area contributed by atoms with Crippen molar-refractivity contribution < 1.29 is 22.7 Å². The minimum absolute atomic E-state index is 0.0662. The summed E-state index contributed by atoms with van der Waals surface area (Å²) in [7, 11) is -1.98. The summed E-state index contributed by atoms with van der Waals surface area (Å²) >= 11 is 1.10. The summed E-state index contributed by atoms with van der Waals surface area (Å²) in [6.07, 6.45) is 1.75. The largest absolute Gasteiger partial charge is 0.461 e. The Morgan fingerprint density at radius 3 is 2.56 bits per heavy atom. The van der Waals surface area contributed by atoms with Crippen molar-refractivity contribution in [3.63, 3.8) is 0 Å². The molecule has 0 atom stereocenters. The number of nitrogens with one attached hydrogen (secondary N) is 1. The van der Waals surface area contributed by atoms with Gasteiger partial charge in [0.15, 0.2) is 10.8 Å². The van der Waals surface area contributed by atoms with Crippen molar-refractivity contribution in [3.05, 3.63) is 40.9 Å². The van der Waals surface area contributed by atoms with E-state index in [4.69, 9.17) is 4.74 Å². The lowest BCUT2D eigenvalue weighted by Gasteiger charge is -2.16. The van der Waals surface area contributed by atoms with Gasteiger partial charge < -0.3 is 4.74 Å². The van der Waals surface area contributed by atoms with E-state index in [1.807, 2.05) is 0 Å². The molecule has 0 aliphatic heterocycles. The van der Waals surface area contributed by atoms with E-state index >= 15 is 0 Å². The standard InChI is InChI=1S/C17H19N3O5S2/c1-3-25-16(22)14-10-26-17(18-14)19-15(21)11-4-8-13(9-5-11)27(23,24)20(2)12-6-7-12/h4-5,8-10,12H,3,6-7H2,1-2H3,(H,18,19,21). The molecule has 1 saturated carbocycles. The van der Waals surface area contributed by atoms with E-state index in [1.54, 1.807) is 14.0 Å². The quantitative estimate of drug-likeness (QED) is 0.704. The number of anilines is 1. The summed E-state index contributed by atoms with van der Waals surface area (Å²) in [6.45, 7) is 1.93. The van der Waals surface area contributed by atoms with Crippen LogP contribution in [0.4, 0.5) is 5.13 Å². The Hall–Kier alpha value is -2.30. The molecule has 10 heteroatoms. The molecule has 144 valence electrons. The number of carbonyl (C=O) groups excluding carboxylic acids is 2. The lowest BCUT2D eigenvalue weighted by molar-refractivity contribution is 0.0520. The smallest absolute Gasteiger partial charge is 0.357 e. The maximum Gasteiger partial charge on any atom is 0.357 e. The number of carbonyl (C=O) groups is 2. The van der Waals surface area contributed by atoms with Crippen LogP contribution in [0, 0.1) is 0 Å². The average molecular weight is 409 g/mol. The lowest BCUT2D eigenvalue weighted by atomic mass is 10.2. The SMILES string of the molecule is CCOC(=O)c1csc(NC(=O)c2ccc(S(=O)(=O)N(C)C3CC3)cc2)n1. The summed E-state index contributed by atoms with van der Waals surface area (Å²) in [4.78, 5) is 28.1. The molecule has 1 aliphatic carbocycles. The van der Waals surface area contributed by atoms with E-state index in [0.29, 0.717) is 0 Å². The molecular formula is C17H19N3O5S2. The third-order valence-electron chi connectivity index (χ3n) is 4.06. The molecule has 0 unspecified atom stereocenters. The van der Waals surface area contributed by atoms with Crippen LogP contribution in [-0.4, -0.2) is 49.3 Å². The van der Waals surface area contributed by atoms with Gasteiger partial charge in [0.1, 0.15) is 0 Å². The first-order valence-corrected chi connectivity index (χ1v) is 10.7. The maximum absolute atomic E-state index is 12.5. The predicted molar refractivity (Wildman–Crippen MR) is 100 cm³/mol. The van der Waals surface area contributed by atoms with Crippen LogP contribution in [0.15, 0.2) is 34.5 Å². The first-order chi connectivity index (χ1) is 12.8. The second-order valence-electron chi connectivity index (χ2n) is 5.99. The van der Waals surface area contributed by atoms with E-state index in [2.05, 4.69) is 10.3 Å². The van der Waals surface area contributed by atoms with Gasteiger partial charge in [0.05, 0.1) is 11.5 Å². The minimum Gasteiger partial charge on any atom is -0.461 e. The van der Waals surface area contributed by atoms with E-state index in [9.17, 15) is 18.0 Å². The van der Waals surface area contributed by atoms with Gasteiger partial charge in [-0.1, -0.05) is 0 Å². The monoisotopic (exact) mass is 409 g/mol. The highest BCUT2D eigenvalue weighted by molar-refractivity contribution is 7.89. The van der Waals surface area contributed by atoms with Crippen molar-refractivity contribution >= 4 is 38.4 Å². The van der Waals surface area contributed by atoms with Crippen LogP contribution in [0.25, 0.3) is 0 Å². The van der Waals surface area contributed by atoms with Gasteiger partial charge in [-0.15, -0.1) is 11.3 Å². The van der Waals surface area contributed by atoms with Gasteiger partial charge in [-0.3, -0.25) is 10.1 Å². The number of hydrogen-bond acceptors (Lipinski definition) is 7. The average Bonchev–Trinajstić information content (AvgIpc) is 3.40. The summed E-state index contributed by atoms with van der Waals surface area (Å²) in [6, 6.07) is 5.78. The highest BCUT2D eigenvalue weighted by atomic mass is 32.2. The second kappa shape index (κ2) is 7.75. The molecule has 0 spiro atoms. The number of benzene rings is 1. The Morgan fingerprint density at radius 1 is 1.30 bits per heavy atom. The molecule has 0 radical (unpaired) electrons. The highest BCUT2D eigenvalue weighted by Gasteiger charge is 2.35. The molecule has 1 fully saturated rings. The number of thiazole rings is 1. The van der Waals surface area contributed by atoms with E-state index < -0.39 is 21.9 Å². The van der Waals surface area contributed by atoms with E-state index in [1.165, 1.54) is 34.0 Å². The molecule has 1 heterocycles. The van der Waals surface area contributed by atoms with Crippen molar-refractivity contribution in [2.24, 2.45) is 0 Å². The minimum atomic E-state index is -3.55. The fourth-order valence-corrected chi connectivity index (χ4v) is 4.47. The third kappa shape index (κ3) is 4.34. The molecule has 8 nitrogen and oxygen atoms in total. The number of sulfonamides is 1. The fraction of sp³-hybridized carbons (Fsp3) is 0.353. The van der Waals surface area contributed by atoms with Gasteiger partial charge in [0.2, 0.25) is 10.0 Å². The predicted octanol–water partition coefficient (Wildman–Crippen LogP) is 2.36. The van der Waals surface area contributed by atoms with Crippen molar-refractivity contribution in [1.29, 1.82) is 0 Å². The van der Waals surface area contributed by atoms with Crippen LogP contribution in [0.3, 0.4) is 0 Å². The van der Waals surface area contributed by atoms with E-state index in [-0.39, 0.29) is 33.9 Å². The van der Waals surface area contributed by atoms with Crippen LogP contribution in [0.1, 0.15) is 40.6 Å². The van der Waals surface area contributed by atoms with Crippen LogP contribution >= 0.6 is 11.3 Å². The molecule has 3 rings (SSSR count). The molecule has 0 saturated heterocycles. The van der Waals surface area contributed by atoms with Gasteiger partial charge in [0, 0.05) is 24.0 Å². The summed E-state index contributed by atoms with van der Waals surface area (Å²) < 4.78 is 31.2. The number of esters is 1. The van der Waals surface area contributed by atoms with Crippen molar-refractivity contribution in [2.45, 2.75) is 30.7 Å². The van der Waals surface area contributed by atoms with Crippen molar-refractivity contribution in [3.8, 4) is 0 Å². The van der Waals surface area contributed by atoms with Crippen LogP contribution in [0.2, 0.25) is 0 Å². The number of hydrogen-bond donors (Lipinski definition) is 1. The Labute approximate surface area is 161 Å². The number of amides is 1. The maximum atomic E-state index is 12.5. The number of aromatic nitrogens is 1. The van der Waals surface area contributed by atoms with Gasteiger partial charge >= 0.3 is 5.97 Å². The fourth-order valence-electron chi connectivity index (χ4n) is 2.38. The molecule has 2 aromatic rings. The molecule has 0 bridgehead atoms. The molecule has 1 aliphatic rings. The van der Waals surface area contributed by atoms with Gasteiger partial charge in [0.25, 0.3) is 5.91 Å². The van der Waals surface area contributed by atoms with Crippen molar-refractivity contribution in [2.75, 3.05) is 19.0 Å². The molecule has 1 aromatic carbocycles. The lowest BCUT2D eigenvalue weighted by Crippen LogP contribution is -2.29. The molecular weight excluding hydrogens is 390 g/mol. The normalized spacial score (nSPS) is 14.2. The molecule has 1 N–H and O–H groups in total. The third-order valence-corrected chi connectivity index (χ3v) is 6.75. The van der Waals surface area contributed by atoms with Crippen LogP contribution in [-0.2, 0) is 14.8 Å². The Morgan fingerprint density at radius 2 is 1.96 bits per heavy atom. The highest BCUT2D eigenvalue weighted by Crippen LogP contribution is 2.30. The van der Waals surface area contributed by atoms with Crippen LogP contribution in [0.5, 0.6) is 0 Å². The first kappa shape index (κ1) is 19.5. The van der Waals surface area contributed by atoms with E-state index in [0.717, 1.165) is 24.2 Å². The zero-order valence-corrected chi connectivity index (χ0v) is 16.5. The number of nitrogens with zero attached hydrogens (tertiary/aromatic N) is 2. The van der Waals surface area contributed by atoms with Gasteiger partial charge in [-0.25, -0.2) is 18.2 Å². The number of rotatable bonds is 7. The Balaban J connectivity index is 1.68. The second-order valence-corrected chi connectivity index (χ2v) is 8.84. The topological polar surface area (TPSA) is 106 Å². The van der Waals surface area contributed by atoms with Crippen molar-refractivity contribution in [1.82, 2.24) is 9.29 Å². The zero-order chi connectivity index (χ0) is 19.6. The summed E-state index contributed by atoms with van der Waals surface area (Å²) in [5.74, 6) is -0.997. The zero-order valence-electron chi connectivity index (χ0n) is 14.8. The number of ether oxygens (including phenoxy) is 1. The first-order valence-electron chi connectivity index (χ1n) is 8.35. The molecule has 1 aromatic heterocycles.